The zero-order chi connectivity index (χ0) is 21.7. The summed E-state index contributed by atoms with van der Waals surface area (Å²) in [5, 5.41) is 4.46. The van der Waals surface area contributed by atoms with Crippen molar-refractivity contribution in [2.45, 2.75) is 92.4 Å². The maximum absolute atomic E-state index is 12.3. The van der Waals surface area contributed by atoms with Gasteiger partial charge in [0, 0.05) is 12.3 Å². The van der Waals surface area contributed by atoms with Crippen molar-refractivity contribution in [2.24, 2.45) is 45.5 Å². The third-order valence-electron chi connectivity index (χ3n) is 9.39. The third-order valence-corrected chi connectivity index (χ3v) is 9.39. The molecule has 0 radical (unpaired) electrons. The second-order valence-electron chi connectivity index (χ2n) is 11.5. The van der Waals surface area contributed by atoms with Crippen LogP contribution < -0.4 is 5.43 Å². The summed E-state index contributed by atoms with van der Waals surface area (Å²) >= 11 is 0. The van der Waals surface area contributed by atoms with Crippen LogP contribution in [0.25, 0.3) is 0 Å². The van der Waals surface area contributed by atoms with Gasteiger partial charge in [-0.15, -0.1) is 0 Å². The van der Waals surface area contributed by atoms with Crippen molar-refractivity contribution in [3.05, 3.63) is 11.6 Å². The van der Waals surface area contributed by atoms with Crippen molar-refractivity contribution in [1.82, 2.24) is 5.43 Å². The van der Waals surface area contributed by atoms with Crippen LogP contribution in [0.4, 0.5) is 0 Å². The zero-order valence-electron chi connectivity index (χ0n) is 19.6. The molecule has 30 heavy (non-hydrogen) atoms. The van der Waals surface area contributed by atoms with Crippen LogP contribution in [0.1, 0.15) is 92.4 Å². The molecule has 5 unspecified atom stereocenters. The molecular formula is C26H40N2O2. The van der Waals surface area contributed by atoms with Gasteiger partial charge in [0.05, 0.1) is 5.71 Å². The summed E-state index contributed by atoms with van der Waals surface area (Å²) < 4.78 is 0. The van der Waals surface area contributed by atoms with Gasteiger partial charge in [0.1, 0.15) is 5.78 Å². The van der Waals surface area contributed by atoms with E-state index in [-0.39, 0.29) is 22.7 Å². The number of carbonyl (C=O) groups excluding carboxylic acids is 2. The smallest absolute Gasteiger partial charge is 0.240 e. The van der Waals surface area contributed by atoms with Crippen LogP contribution in [-0.2, 0) is 9.59 Å². The molecule has 0 spiro atoms. The Hall–Kier alpha value is -1.45. The lowest BCUT2D eigenvalue weighted by atomic mass is 9.46. The molecule has 166 valence electrons. The number of hydrogen-bond acceptors (Lipinski definition) is 3. The summed E-state index contributed by atoms with van der Waals surface area (Å²) in [6.45, 7) is 10.8. The van der Waals surface area contributed by atoms with Crippen molar-refractivity contribution in [3.63, 3.8) is 0 Å². The second kappa shape index (κ2) is 7.91. The molecule has 3 fully saturated rings. The zero-order valence-corrected chi connectivity index (χ0v) is 19.6. The molecule has 0 aliphatic heterocycles. The normalized spacial score (nSPS) is 41.7. The Morgan fingerprint density at radius 3 is 2.57 bits per heavy atom. The van der Waals surface area contributed by atoms with Gasteiger partial charge in [-0.2, -0.15) is 5.10 Å². The van der Waals surface area contributed by atoms with E-state index in [0.29, 0.717) is 24.0 Å². The van der Waals surface area contributed by atoms with Crippen molar-refractivity contribution in [1.29, 1.82) is 0 Å². The largest absolute Gasteiger partial charge is 0.300 e. The maximum Gasteiger partial charge on any atom is 0.240 e. The molecule has 4 aliphatic rings. The first kappa shape index (κ1) is 21.8. The second-order valence-corrected chi connectivity index (χ2v) is 11.5. The predicted octanol–water partition coefficient (Wildman–Crippen LogP) is 5.67. The molecule has 4 rings (SSSR count). The highest BCUT2D eigenvalue weighted by atomic mass is 16.2. The fourth-order valence-corrected chi connectivity index (χ4v) is 7.88. The van der Waals surface area contributed by atoms with Gasteiger partial charge in [0.2, 0.25) is 5.91 Å². The summed E-state index contributed by atoms with van der Waals surface area (Å²) in [7, 11) is 0. The Kier molecular flexibility index (Phi) is 5.74. The van der Waals surface area contributed by atoms with E-state index in [1.54, 1.807) is 5.57 Å². The molecule has 0 aromatic carbocycles. The summed E-state index contributed by atoms with van der Waals surface area (Å²) in [6.07, 6.45) is 12.1. The van der Waals surface area contributed by atoms with Crippen molar-refractivity contribution >= 4 is 17.4 Å². The molecule has 0 saturated heterocycles. The Morgan fingerprint density at radius 2 is 1.87 bits per heavy atom. The average molecular weight is 413 g/mol. The molecule has 4 aliphatic carbocycles. The maximum atomic E-state index is 12.3. The molecular weight excluding hydrogens is 372 g/mol. The van der Waals surface area contributed by atoms with E-state index in [4.69, 9.17) is 0 Å². The SMILES string of the molecule is CC(=O)[C@H]1CCC2C3CCC4=C/C(=N\NC(=O)CC(C)C)CCC4(C)C3CCC21C. The lowest BCUT2D eigenvalue weighted by Gasteiger charge is -2.58. The van der Waals surface area contributed by atoms with Crippen LogP contribution in [0, 0.1) is 40.4 Å². The first-order chi connectivity index (χ1) is 14.1. The molecule has 3 saturated carbocycles. The third kappa shape index (κ3) is 3.58. The number of fused-ring (bicyclic) bond motifs is 5. The molecule has 4 nitrogen and oxygen atoms in total. The van der Waals surface area contributed by atoms with Gasteiger partial charge in [0.15, 0.2) is 0 Å². The molecule has 1 amide bonds. The Morgan fingerprint density at radius 1 is 1.10 bits per heavy atom. The van der Waals surface area contributed by atoms with Gasteiger partial charge in [-0.1, -0.05) is 33.3 Å². The van der Waals surface area contributed by atoms with Crippen LogP contribution in [0.15, 0.2) is 16.8 Å². The number of amides is 1. The first-order valence-electron chi connectivity index (χ1n) is 12.2. The van der Waals surface area contributed by atoms with Gasteiger partial charge in [-0.25, -0.2) is 5.43 Å². The van der Waals surface area contributed by atoms with Gasteiger partial charge < -0.3 is 0 Å². The number of carbonyl (C=O) groups is 2. The molecule has 6 atom stereocenters. The van der Waals surface area contributed by atoms with Crippen LogP contribution in [0.5, 0.6) is 0 Å². The summed E-state index contributed by atoms with van der Waals surface area (Å²) in [6, 6.07) is 0. The van der Waals surface area contributed by atoms with Gasteiger partial charge in [-0.05, 0) is 98.9 Å². The fourth-order valence-electron chi connectivity index (χ4n) is 7.88. The van der Waals surface area contributed by atoms with Gasteiger partial charge in [-0.3, -0.25) is 9.59 Å². The summed E-state index contributed by atoms with van der Waals surface area (Å²) in [4.78, 5) is 24.3. The number of allylic oxidation sites excluding steroid dienone is 2. The van der Waals surface area contributed by atoms with Crippen LogP contribution in [-0.4, -0.2) is 17.4 Å². The number of nitrogens with zero attached hydrogens (tertiary/aromatic N) is 1. The molecule has 0 aromatic heterocycles. The van der Waals surface area contributed by atoms with E-state index in [1.165, 1.54) is 25.7 Å². The number of nitrogens with one attached hydrogen (secondary N) is 1. The van der Waals surface area contributed by atoms with Crippen molar-refractivity contribution in [2.75, 3.05) is 0 Å². The monoisotopic (exact) mass is 412 g/mol. The van der Waals surface area contributed by atoms with E-state index in [1.807, 2.05) is 6.92 Å². The number of rotatable bonds is 4. The van der Waals surface area contributed by atoms with Crippen molar-refractivity contribution in [3.8, 4) is 0 Å². The van der Waals surface area contributed by atoms with E-state index in [0.717, 1.165) is 43.2 Å². The number of hydrogen-bond donors (Lipinski definition) is 1. The summed E-state index contributed by atoms with van der Waals surface area (Å²) in [5.41, 5.74) is 5.85. The minimum Gasteiger partial charge on any atom is -0.300 e. The Labute approximate surface area is 182 Å². The van der Waals surface area contributed by atoms with E-state index >= 15 is 0 Å². The van der Waals surface area contributed by atoms with Gasteiger partial charge >= 0.3 is 0 Å². The quantitative estimate of drug-likeness (QED) is 0.605. The Bertz CT molecular complexity index is 782. The topological polar surface area (TPSA) is 58.5 Å². The highest BCUT2D eigenvalue weighted by Gasteiger charge is 2.59. The van der Waals surface area contributed by atoms with Crippen LogP contribution in [0.3, 0.4) is 0 Å². The highest BCUT2D eigenvalue weighted by Crippen LogP contribution is 2.66. The first-order valence-corrected chi connectivity index (χ1v) is 12.2. The lowest BCUT2D eigenvalue weighted by Crippen LogP contribution is -2.51. The van der Waals surface area contributed by atoms with Gasteiger partial charge in [0.25, 0.3) is 0 Å². The molecule has 0 bridgehead atoms. The van der Waals surface area contributed by atoms with Crippen LogP contribution in [0.2, 0.25) is 0 Å². The van der Waals surface area contributed by atoms with E-state index in [2.05, 4.69) is 44.3 Å². The molecule has 4 heteroatoms. The summed E-state index contributed by atoms with van der Waals surface area (Å²) in [5.74, 6) is 3.28. The number of hydrazone groups is 1. The fraction of sp³-hybridized carbons (Fsp3) is 0.808. The number of ketones is 1. The van der Waals surface area contributed by atoms with Crippen LogP contribution >= 0.6 is 0 Å². The molecule has 0 heterocycles. The Balaban J connectivity index is 1.51. The number of Topliss-reactive ketones (excluding diaryl/α,β-unsaturated/α-hetero) is 1. The van der Waals surface area contributed by atoms with E-state index < -0.39 is 0 Å². The minimum atomic E-state index is 0.0146. The molecule has 0 aromatic rings. The van der Waals surface area contributed by atoms with E-state index in [9.17, 15) is 9.59 Å². The lowest BCUT2D eigenvalue weighted by molar-refractivity contribution is -0.127. The predicted molar refractivity (Wildman–Crippen MR) is 121 cm³/mol. The van der Waals surface area contributed by atoms with Crippen molar-refractivity contribution < 1.29 is 9.59 Å². The average Bonchev–Trinajstić information content (AvgIpc) is 3.03. The minimum absolute atomic E-state index is 0.0146. The molecule has 1 N–H and O–H groups in total. The standard InChI is InChI=1S/C26H40N2O2/c1-16(2)14-24(30)28-27-19-10-12-25(4)18(15-19)6-7-20-22-9-8-21(17(3)29)26(22,5)13-11-23(20)25/h15-16,20-23H,6-14H2,1-5H3,(H,28,30)/b27-19-/t20?,21-,22?,23?,25?,26?/m1/s1. The highest BCUT2D eigenvalue weighted by molar-refractivity contribution is 5.97.